The molecule has 8 heteroatoms. The van der Waals surface area contributed by atoms with Crippen LogP contribution < -0.4 is 10.5 Å². The lowest BCUT2D eigenvalue weighted by Gasteiger charge is -2.27. The summed E-state index contributed by atoms with van der Waals surface area (Å²) in [5.74, 6) is -0.342. The number of halogens is 1. The van der Waals surface area contributed by atoms with Crippen LogP contribution in [0.1, 0.15) is 13.8 Å². The van der Waals surface area contributed by atoms with Crippen LogP contribution in [0.5, 0.6) is 0 Å². The van der Waals surface area contributed by atoms with Crippen LogP contribution in [0.25, 0.3) is 0 Å². The van der Waals surface area contributed by atoms with Crippen LogP contribution in [0, 0.1) is 0 Å². The van der Waals surface area contributed by atoms with E-state index in [9.17, 15) is 13.2 Å². The van der Waals surface area contributed by atoms with Gasteiger partial charge in [-0.2, -0.15) is 4.72 Å². The van der Waals surface area contributed by atoms with Gasteiger partial charge in [-0.05, 0) is 38.1 Å². The second-order valence-electron chi connectivity index (χ2n) is 4.83. The van der Waals surface area contributed by atoms with Gasteiger partial charge in [0, 0.05) is 24.7 Å². The normalized spacial score (nSPS) is 14.5. The highest BCUT2D eigenvalue weighted by Gasteiger charge is 2.25. The lowest BCUT2D eigenvalue weighted by atomic mass is 10.2. The summed E-state index contributed by atoms with van der Waals surface area (Å²) in [6, 6.07) is 4.67. The zero-order valence-corrected chi connectivity index (χ0v) is 13.8. The molecule has 118 valence electrons. The number of sulfonamides is 1. The molecule has 0 aliphatic heterocycles. The van der Waals surface area contributed by atoms with E-state index in [2.05, 4.69) is 4.72 Å². The van der Waals surface area contributed by atoms with Gasteiger partial charge in [-0.3, -0.25) is 4.79 Å². The highest BCUT2D eigenvalue weighted by atomic mass is 35.5. The Labute approximate surface area is 130 Å². The van der Waals surface area contributed by atoms with Gasteiger partial charge in [-0.1, -0.05) is 11.6 Å². The second-order valence-corrected chi connectivity index (χ2v) is 6.98. The first kappa shape index (κ1) is 17.9. The summed E-state index contributed by atoms with van der Waals surface area (Å²) in [7, 11) is -2.18. The zero-order valence-electron chi connectivity index (χ0n) is 12.2. The molecular formula is C13H20ClN3O3S. The summed E-state index contributed by atoms with van der Waals surface area (Å²) >= 11 is 5.72. The Hall–Kier alpha value is -1.15. The number of hydrogen-bond acceptors (Lipinski definition) is 4. The molecule has 1 rings (SSSR count). The fourth-order valence-corrected chi connectivity index (χ4v) is 2.97. The minimum absolute atomic E-state index is 0.0566. The van der Waals surface area contributed by atoms with Gasteiger partial charge in [0.2, 0.25) is 15.9 Å². The van der Waals surface area contributed by atoms with E-state index in [-0.39, 0.29) is 16.8 Å². The van der Waals surface area contributed by atoms with Crippen molar-refractivity contribution < 1.29 is 13.2 Å². The van der Waals surface area contributed by atoms with Crippen LogP contribution in [-0.4, -0.2) is 44.9 Å². The maximum atomic E-state index is 12.2. The van der Waals surface area contributed by atoms with Crippen molar-refractivity contribution in [3.63, 3.8) is 0 Å². The van der Waals surface area contributed by atoms with E-state index in [1.165, 1.54) is 36.1 Å². The number of amides is 1. The quantitative estimate of drug-likeness (QED) is 0.805. The summed E-state index contributed by atoms with van der Waals surface area (Å²) in [4.78, 5) is 13.6. The summed E-state index contributed by atoms with van der Waals surface area (Å²) < 4.78 is 26.7. The first-order valence-electron chi connectivity index (χ1n) is 6.43. The molecule has 21 heavy (non-hydrogen) atoms. The molecule has 0 saturated carbocycles. The molecule has 1 amide bonds. The predicted molar refractivity (Wildman–Crippen MR) is 82.5 cm³/mol. The molecule has 0 aromatic heterocycles. The fourth-order valence-electron chi connectivity index (χ4n) is 1.65. The van der Waals surface area contributed by atoms with Crippen LogP contribution in [0.4, 0.5) is 0 Å². The monoisotopic (exact) mass is 333 g/mol. The van der Waals surface area contributed by atoms with Gasteiger partial charge >= 0.3 is 0 Å². The maximum Gasteiger partial charge on any atom is 0.241 e. The highest BCUT2D eigenvalue weighted by Crippen LogP contribution is 2.14. The van der Waals surface area contributed by atoms with Crippen molar-refractivity contribution in [1.29, 1.82) is 0 Å². The van der Waals surface area contributed by atoms with Crippen molar-refractivity contribution in [3.05, 3.63) is 29.3 Å². The Kier molecular flexibility index (Phi) is 6.15. The molecular weight excluding hydrogens is 314 g/mol. The predicted octanol–water partition coefficient (Wildman–Crippen LogP) is 0.812. The minimum Gasteiger partial charge on any atom is -0.340 e. The van der Waals surface area contributed by atoms with Gasteiger partial charge in [0.15, 0.2) is 0 Å². The minimum atomic E-state index is -3.77. The van der Waals surface area contributed by atoms with E-state index in [1.54, 1.807) is 14.0 Å². The Morgan fingerprint density at radius 1 is 1.33 bits per heavy atom. The SMILES string of the molecule is CC(NS(=O)(=O)c1ccc(Cl)cc1)C(=O)N(C)C(C)CN. The lowest BCUT2D eigenvalue weighted by Crippen LogP contribution is -2.49. The molecule has 0 saturated heterocycles. The number of carbonyl (C=O) groups is 1. The lowest BCUT2D eigenvalue weighted by molar-refractivity contribution is -0.132. The number of benzene rings is 1. The van der Waals surface area contributed by atoms with Gasteiger partial charge in [-0.15, -0.1) is 0 Å². The topological polar surface area (TPSA) is 92.5 Å². The Balaban J connectivity index is 2.84. The summed E-state index contributed by atoms with van der Waals surface area (Å²) in [6.07, 6.45) is 0. The van der Waals surface area contributed by atoms with Crippen LogP contribution in [0.3, 0.4) is 0 Å². The number of nitrogens with zero attached hydrogens (tertiary/aromatic N) is 1. The maximum absolute atomic E-state index is 12.2. The molecule has 0 radical (unpaired) electrons. The second kappa shape index (κ2) is 7.22. The summed E-state index contributed by atoms with van der Waals surface area (Å²) in [6.45, 7) is 3.59. The third kappa shape index (κ3) is 4.67. The largest absolute Gasteiger partial charge is 0.340 e. The molecule has 0 heterocycles. The first-order valence-corrected chi connectivity index (χ1v) is 8.29. The van der Waals surface area contributed by atoms with Gasteiger partial charge in [-0.25, -0.2) is 8.42 Å². The summed E-state index contributed by atoms with van der Waals surface area (Å²) in [5, 5.41) is 0.439. The van der Waals surface area contributed by atoms with Crippen LogP contribution in [0.2, 0.25) is 5.02 Å². The number of hydrogen-bond donors (Lipinski definition) is 2. The van der Waals surface area contributed by atoms with Crippen LogP contribution in [0.15, 0.2) is 29.2 Å². The Bertz CT molecular complexity index is 589. The van der Waals surface area contributed by atoms with E-state index in [4.69, 9.17) is 17.3 Å². The number of carbonyl (C=O) groups excluding carboxylic acids is 1. The Morgan fingerprint density at radius 2 is 1.86 bits per heavy atom. The molecule has 2 atom stereocenters. The van der Waals surface area contributed by atoms with Crippen molar-refractivity contribution in [2.45, 2.75) is 30.8 Å². The zero-order chi connectivity index (χ0) is 16.2. The molecule has 1 aromatic carbocycles. The van der Waals surface area contributed by atoms with Crippen molar-refractivity contribution in [2.24, 2.45) is 5.73 Å². The van der Waals surface area contributed by atoms with E-state index in [1.807, 2.05) is 0 Å². The average molecular weight is 334 g/mol. The van der Waals surface area contributed by atoms with E-state index >= 15 is 0 Å². The standard InChI is InChI=1S/C13H20ClN3O3S/c1-9(8-15)17(3)13(18)10(2)16-21(19,20)12-6-4-11(14)5-7-12/h4-7,9-10,16H,8,15H2,1-3H3. The molecule has 0 aliphatic rings. The molecule has 0 bridgehead atoms. The van der Waals surface area contributed by atoms with Crippen molar-refractivity contribution in [1.82, 2.24) is 9.62 Å². The highest BCUT2D eigenvalue weighted by molar-refractivity contribution is 7.89. The number of likely N-dealkylation sites (N-methyl/N-ethyl adjacent to an activating group) is 1. The molecule has 0 spiro atoms. The summed E-state index contributed by atoms with van der Waals surface area (Å²) in [5.41, 5.74) is 5.50. The smallest absolute Gasteiger partial charge is 0.241 e. The van der Waals surface area contributed by atoms with Gasteiger partial charge in [0.25, 0.3) is 0 Å². The van der Waals surface area contributed by atoms with E-state index in [0.717, 1.165) is 0 Å². The van der Waals surface area contributed by atoms with Crippen molar-refractivity contribution in [2.75, 3.05) is 13.6 Å². The molecule has 1 aromatic rings. The number of nitrogens with two attached hydrogens (primary N) is 1. The third-order valence-electron chi connectivity index (χ3n) is 3.18. The first-order chi connectivity index (χ1) is 9.69. The van der Waals surface area contributed by atoms with E-state index in [0.29, 0.717) is 11.6 Å². The van der Waals surface area contributed by atoms with Gasteiger partial charge in [0.05, 0.1) is 10.9 Å². The van der Waals surface area contributed by atoms with Gasteiger partial charge in [0.1, 0.15) is 0 Å². The van der Waals surface area contributed by atoms with Crippen molar-refractivity contribution in [3.8, 4) is 0 Å². The van der Waals surface area contributed by atoms with Crippen LogP contribution >= 0.6 is 11.6 Å². The number of rotatable bonds is 6. The molecule has 6 nitrogen and oxygen atoms in total. The third-order valence-corrected chi connectivity index (χ3v) is 4.98. The molecule has 3 N–H and O–H groups in total. The van der Waals surface area contributed by atoms with Crippen molar-refractivity contribution >= 4 is 27.5 Å². The van der Waals surface area contributed by atoms with Gasteiger partial charge < -0.3 is 10.6 Å². The molecule has 0 aliphatic carbocycles. The fraction of sp³-hybridized carbons (Fsp3) is 0.462. The average Bonchev–Trinajstić information content (AvgIpc) is 2.44. The Morgan fingerprint density at radius 3 is 2.33 bits per heavy atom. The van der Waals surface area contributed by atoms with E-state index < -0.39 is 16.1 Å². The molecule has 0 fully saturated rings. The molecule has 2 unspecified atom stereocenters. The van der Waals surface area contributed by atoms with Crippen LogP contribution in [-0.2, 0) is 14.8 Å². The number of nitrogens with one attached hydrogen (secondary N) is 1.